The molecule has 1 rings (SSSR count). The Kier molecular flexibility index (Phi) is 4.11. The number of nitrogens with two attached hydrogens (primary N) is 1. The Morgan fingerprint density at radius 3 is 3.08 bits per heavy atom. The molecule has 0 unspecified atom stereocenters. The van der Waals surface area contributed by atoms with Crippen molar-refractivity contribution < 1.29 is 5.21 Å². The van der Waals surface area contributed by atoms with E-state index in [2.05, 4.69) is 16.6 Å². The number of hydroxylamine groups is 1. The molecule has 5 N–H and O–H groups in total. The third-order valence-corrected chi connectivity index (χ3v) is 2.01. The first-order valence-electron chi connectivity index (χ1n) is 4.47. The van der Waals surface area contributed by atoms with Crippen LogP contribution in [0.25, 0.3) is 0 Å². The third kappa shape index (κ3) is 3.80. The monoisotopic (exact) mass is 184 g/mol. The van der Waals surface area contributed by atoms with Crippen LogP contribution in [0.5, 0.6) is 0 Å². The molecule has 0 bridgehead atoms. The van der Waals surface area contributed by atoms with Gasteiger partial charge in [0.15, 0.2) is 0 Å². The molecule has 0 radical (unpaired) electrons. The van der Waals surface area contributed by atoms with Crippen LogP contribution in [-0.4, -0.2) is 17.7 Å². The number of allylic oxidation sites excluding steroid dienone is 1. The number of nitrogens with zero attached hydrogens (tertiary/aromatic N) is 1. The summed E-state index contributed by atoms with van der Waals surface area (Å²) in [6.45, 7) is 0.711. The zero-order valence-corrected chi connectivity index (χ0v) is 7.58. The average molecular weight is 184 g/mol. The summed E-state index contributed by atoms with van der Waals surface area (Å²) in [6.07, 6.45) is 7.07. The Labute approximate surface area is 77.7 Å². The predicted molar refractivity (Wildman–Crippen MR) is 51.1 cm³/mol. The Balaban J connectivity index is 2.22. The van der Waals surface area contributed by atoms with Gasteiger partial charge in [-0.2, -0.15) is 0 Å². The van der Waals surface area contributed by atoms with Gasteiger partial charge in [0.05, 0.1) is 6.54 Å². The predicted octanol–water partition coefficient (Wildman–Crippen LogP) is 0.285. The number of hydrogen-bond acceptors (Lipinski definition) is 3. The number of hydrazone groups is 1. The summed E-state index contributed by atoms with van der Waals surface area (Å²) in [4.78, 5) is 0. The normalized spacial score (nSPS) is 17.9. The quantitative estimate of drug-likeness (QED) is 0.220. The van der Waals surface area contributed by atoms with Gasteiger partial charge < -0.3 is 11.2 Å². The Bertz CT molecular complexity index is 212. The summed E-state index contributed by atoms with van der Waals surface area (Å²) in [5, 5.41) is 12.0. The van der Waals surface area contributed by atoms with Crippen LogP contribution < -0.4 is 16.6 Å². The first kappa shape index (κ1) is 9.85. The Hall–Kier alpha value is -1.23. The lowest BCUT2D eigenvalue weighted by molar-refractivity contribution is 0.232. The van der Waals surface area contributed by atoms with E-state index in [1.807, 2.05) is 0 Å². The summed E-state index contributed by atoms with van der Waals surface area (Å²) >= 11 is 0. The first-order chi connectivity index (χ1) is 6.33. The molecule has 5 heteroatoms. The van der Waals surface area contributed by atoms with Crippen LogP contribution in [0.3, 0.4) is 0 Å². The zero-order valence-electron chi connectivity index (χ0n) is 7.58. The van der Waals surface area contributed by atoms with Crippen molar-refractivity contribution in [1.82, 2.24) is 10.9 Å². The van der Waals surface area contributed by atoms with Crippen molar-refractivity contribution in [3.63, 3.8) is 0 Å². The van der Waals surface area contributed by atoms with Crippen molar-refractivity contribution in [2.24, 2.45) is 10.8 Å². The maximum Gasteiger partial charge on any atom is 0.234 e. The molecule has 0 aromatic rings. The van der Waals surface area contributed by atoms with Crippen LogP contribution in [0, 0.1) is 0 Å². The molecule has 0 aromatic heterocycles. The second kappa shape index (κ2) is 5.42. The highest BCUT2D eigenvalue weighted by Gasteiger charge is 2.01. The van der Waals surface area contributed by atoms with Crippen LogP contribution in [-0.2, 0) is 0 Å². The molecule has 0 spiro atoms. The largest absolute Gasteiger partial charge is 0.367 e. The van der Waals surface area contributed by atoms with E-state index >= 15 is 0 Å². The molecule has 0 atom stereocenters. The fourth-order valence-corrected chi connectivity index (χ4v) is 1.32. The summed E-state index contributed by atoms with van der Waals surface area (Å²) in [5.41, 5.74) is 11.1. The lowest BCUT2D eigenvalue weighted by Gasteiger charge is -2.11. The van der Waals surface area contributed by atoms with E-state index in [-0.39, 0.29) is 5.96 Å². The molecule has 0 heterocycles. The van der Waals surface area contributed by atoms with E-state index in [1.54, 1.807) is 5.48 Å². The fraction of sp³-hybridized carbons (Fsp3) is 0.625. The molecule has 0 saturated heterocycles. The molecule has 0 fully saturated rings. The van der Waals surface area contributed by atoms with Gasteiger partial charge in [-0.05, 0) is 25.7 Å². The van der Waals surface area contributed by atoms with Gasteiger partial charge in [0.1, 0.15) is 0 Å². The standard InChI is InChI=1S/C8H16N4O/c9-8(12-13)11-10-6-7-4-2-1-3-5-7/h4,10,13H,1-3,5-6H2,(H3,9,11,12). The van der Waals surface area contributed by atoms with Crippen molar-refractivity contribution in [1.29, 1.82) is 0 Å². The molecule has 1 aliphatic carbocycles. The maximum atomic E-state index is 8.31. The van der Waals surface area contributed by atoms with Gasteiger partial charge >= 0.3 is 0 Å². The number of rotatable bonds is 3. The van der Waals surface area contributed by atoms with Crippen LogP contribution >= 0.6 is 0 Å². The summed E-state index contributed by atoms with van der Waals surface area (Å²) in [6, 6.07) is 0. The molecule has 0 aliphatic heterocycles. The SMILES string of the molecule is NC(=NNCC1=CCCCC1)NO. The van der Waals surface area contributed by atoms with Gasteiger partial charge in [-0.3, -0.25) is 5.21 Å². The highest BCUT2D eigenvalue weighted by atomic mass is 16.5. The van der Waals surface area contributed by atoms with Crippen molar-refractivity contribution >= 4 is 5.96 Å². The van der Waals surface area contributed by atoms with Gasteiger partial charge in [0.25, 0.3) is 0 Å². The number of hydrogen-bond donors (Lipinski definition) is 4. The molecule has 0 saturated carbocycles. The number of guanidine groups is 1. The van der Waals surface area contributed by atoms with Gasteiger partial charge in [-0.15, -0.1) is 5.10 Å². The summed E-state index contributed by atoms with van der Waals surface area (Å²) in [5.74, 6) is -0.0172. The van der Waals surface area contributed by atoms with Crippen molar-refractivity contribution in [2.75, 3.05) is 6.54 Å². The van der Waals surface area contributed by atoms with E-state index in [0.717, 1.165) is 12.8 Å². The minimum Gasteiger partial charge on any atom is -0.367 e. The molecular formula is C8H16N4O. The minimum atomic E-state index is -0.0172. The number of nitrogens with one attached hydrogen (secondary N) is 2. The van der Waals surface area contributed by atoms with E-state index in [1.165, 1.54) is 18.4 Å². The highest BCUT2D eigenvalue weighted by Crippen LogP contribution is 2.15. The van der Waals surface area contributed by atoms with Gasteiger partial charge in [-0.1, -0.05) is 11.6 Å². The molecule has 13 heavy (non-hydrogen) atoms. The molecule has 0 aromatic carbocycles. The lowest BCUT2D eigenvalue weighted by Crippen LogP contribution is -2.31. The minimum absolute atomic E-state index is 0.0172. The lowest BCUT2D eigenvalue weighted by atomic mass is 10.00. The summed E-state index contributed by atoms with van der Waals surface area (Å²) in [7, 11) is 0. The highest BCUT2D eigenvalue weighted by molar-refractivity contribution is 5.76. The fourth-order valence-electron chi connectivity index (χ4n) is 1.32. The van der Waals surface area contributed by atoms with E-state index in [9.17, 15) is 0 Å². The van der Waals surface area contributed by atoms with Crippen LogP contribution in [0.4, 0.5) is 0 Å². The Morgan fingerprint density at radius 2 is 2.46 bits per heavy atom. The Morgan fingerprint density at radius 1 is 1.62 bits per heavy atom. The topological polar surface area (TPSA) is 82.7 Å². The smallest absolute Gasteiger partial charge is 0.234 e. The van der Waals surface area contributed by atoms with Crippen molar-refractivity contribution in [3.8, 4) is 0 Å². The second-order valence-electron chi connectivity index (χ2n) is 3.05. The summed E-state index contributed by atoms with van der Waals surface area (Å²) < 4.78 is 0. The second-order valence-corrected chi connectivity index (χ2v) is 3.05. The molecule has 74 valence electrons. The van der Waals surface area contributed by atoms with Crippen LogP contribution in [0.2, 0.25) is 0 Å². The molecular weight excluding hydrogens is 168 g/mol. The third-order valence-electron chi connectivity index (χ3n) is 2.01. The van der Waals surface area contributed by atoms with E-state index in [0.29, 0.717) is 6.54 Å². The van der Waals surface area contributed by atoms with Crippen LogP contribution in [0.15, 0.2) is 16.8 Å². The van der Waals surface area contributed by atoms with Crippen LogP contribution in [0.1, 0.15) is 25.7 Å². The van der Waals surface area contributed by atoms with E-state index in [4.69, 9.17) is 10.9 Å². The van der Waals surface area contributed by atoms with Crippen molar-refractivity contribution in [2.45, 2.75) is 25.7 Å². The van der Waals surface area contributed by atoms with Gasteiger partial charge in [0.2, 0.25) is 5.96 Å². The zero-order chi connectivity index (χ0) is 9.52. The average Bonchev–Trinajstić information content (AvgIpc) is 2.19. The van der Waals surface area contributed by atoms with Crippen molar-refractivity contribution in [3.05, 3.63) is 11.6 Å². The maximum absolute atomic E-state index is 8.31. The van der Waals surface area contributed by atoms with Gasteiger partial charge in [-0.25, -0.2) is 5.48 Å². The van der Waals surface area contributed by atoms with E-state index < -0.39 is 0 Å². The van der Waals surface area contributed by atoms with Gasteiger partial charge in [0, 0.05) is 0 Å². The molecule has 0 amide bonds. The molecule has 1 aliphatic rings. The molecule has 5 nitrogen and oxygen atoms in total. The first-order valence-corrected chi connectivity index (χ1v) is 4.47.